The predicted molar refractivity (Wildman–Crippen MR) is 108 cm³/mol. The van der Waals surface area contributed by atoms with Crippen molar-refractivity contribution in [2.45, 2.75) is 44.7 Å². The number of esters is 1. The molecule has 0 aliphatic carbocycles. The molecule has 0 aliphatic rings. The van der Waals surface area contributed by atoms with E-state index < -0.39 is 17.6 Å². The van der Waals surface area contributed by atoms with Gasteiger partial charge < -0.3 is 16.2 Å². The Bertz CT molecular complexity index is 725. The summed E-state index contributed by atoms with van der Waals surface area (Å²) in [5, 5.41) is 0. The molecule has 2 aromatic rings. The van der Waals surface area contributed by atoms with Crippen molar-refractivity contribution in [2.75, 3.05) is 0 Å². The maximum Gasteiger partial charge on any atom is 0.323 e. The summed E-state index contributed by atoms with van der Waals surface area (Å²) in [5.41, 5.74) is 12.9. The fraction of sp³-hybridized carbons (Fsp3) is 0.333. The molecule has 0 spiro atoms. The number of benzene rings is 2. The first-order valence-electron chi connectivity index (χ1n) is 8.59. The number of hydrogen-bond donors (Lipinski definition) is 2. The SMILES string of the molecule is CC(C)(C)OC(=O)C(N)Cc1ccccc1.NC(=O)c1ccc(CCl)cc1. The van der Waals surface area contributed by atoms with Crippen LogP contribution in [-0.2, 0) is 21.8 Å². The second-order valence-corrected chi connectivity index (χ2v) is 7.29. The average Bonchev–Trinajstić information content (AvgIpc) is 2.61. The molecule has 0 aromatic heterocycles. The highest BCUT2D eigenvalue weighted by atomic mass is 35.5. The van der Waals surface area contributed by atoms with Crippen molar-refractivity contribution in [1.82, 2.24) is 0 Å². The molecule has 0 radical (unpaired) electrons. The van der Waals surface area contributed by atoms with E-state index in [1.807, 2.05) is 51.1 Å². The summed E-state index contributed by atoms with van der Waals surface area (Å²) in [6.07, 6.45) is 0.510. The van der Waals surface area contributed by atoms with Crippen LogP contribution in [0.4, 0.5) is 0 Å². The Balaban J connectivity index is 0.000000289. The Labute approximate surface area is 165 Å². The molecule has 1 atom stereocenters. The van der Waals surface area contributed by atoms with Crippen molar-refractivity contribution in [3.63, 3.8) is 0 Å². The van der Waals surface area contributed by atoms with Crippen molar-refractivity contribution < 1.29 is 14.3 Å². The van der Waals surface area contributed by atoms with Crippen LogP contribution in [0.15, 0.2) is 54.6 Å². The molecule has 0 saturated carbocycles. The fourth-order valence-electron chi connectivity index (χ4n) is 2.09. The van der Waals surface area contributed by atoms with Gasteiger partial charge in [0.1, 0.15) is 11.6 Å². The molecule has 2 rings (SSSR count). The molecule has 0 fully saturated rings. The number of halogens is 1. The van der Waals surface area contributed by atoms with E-state index in [4.69, 9.17) is 27.8 Å². The first-order chi connectivity index (χ1) is 12.6. The number of primary amides is 1. The molecule has 146 valence electrons. The van der Waals surface area contributed by atoms with Gasteiger partial charge in [0.2, 0.25) is 5.91 Å². The number of carbonyl (C=O) groups is 2. The Morgan fingerprint density at radius 3 is 2.00 bits per heavy atom. The van der Waals surface area contributed by atoms with Gasteiger partial charge in [-0.1, -0.05) is 42.5 Å². The molecule has 0 heterocycles. The highest BCUT2D eigenvalue weighted by Crippen LogP contribution is 2.10. The zero-order chi connectivity index (χ0) is 20.4. The van der Waals surface area contributed by atoms with E-state index >= 15 is 0 Å². The molecule has 0 saturated heterocycles. The van der Waals surface area contributed by atoms with Gasteiger partial charge in [-0.3, -0.25) is 9.59 Å². The molecule has 1 unspecified atom stereocenters. The maximum atomic E-state index is 11.6. The minimum Gasteiger partial charge on any atom is -0.459 e. The van der Waals surface area contributed by atoms with Crippen LogP contribution in [0.25, 0.3) is 0 Å². The average molecular weight is 391 g/mol. The van der Waals surface area contributed by atoms with Crippen LogP contribution in [0, 0.1) is 0 Å². The Morgan fingerprint density at radius 1 is 1.00 bits per heavy atom. The summed E-state index contributed by atoms with van der Waals surface area (Å²) in [5.74, 6) is -0.304. The van der Waals surface area contributed by atoms with Crippen molar-refractivity contribution in [1.29, 1.82) is 0 Å². The lowest BCUT2D eigenvalue weighted by Crippen LogP contribution is -2.38. The summed E-state index contributed by atoms with van der Waals surface area (Å²) < 4.78 is 5.21. The molecule has 4 N–H and O–H groups in total. The van der Waals surface area contributed by atoms with Gasteiger partial charge in [-0.05, 0) is 50.5 Å². The lowest BCUT2D eigenvalue weighted by molar-refractivity contribution is -0.156. The minimum atomic E-state index is -0.596. The van der Waals surface area contributed by atoms with E-state index in [1.165, 1.54) is 0 Å². The van der Waals surface area contributed by atoms with Crippen molar-refractivity contribution in [2.24, 2.45) is 11.5 Å². The van der Waals surface area contributed by atoms with Gasteiger partial charge in [0.15, 0.2) is 0 Å². The second-order valence-electron chi connectivity index (χ2n) is 7.02. The quantitative estimate of drug-likeness (QED) is 0.604. The summed E-state index contributed by atoms with van der Waals surface area (Å²) >= 11 is 5.54. The van der Waals surface area contributed by atoms with E-state index in [0.717, 1.165) is 11.1 Å². The summed E-state index contributed by atoms with van der Waals surface area (Å²) in [6.45, 7) is 5.50. The maximum absolute atomic E-state index is 11.6. The zero-order valence-electron chi connectivity index (χ0n) is 15.9. The van der Waals surface area contributed by atoms with Gasteiger partial charge in [-0.25, -0.2) is 0 Å². The Kier molecular flexibility index (Phi) is 8.98. The lowest BCUT2D eigenvalue weighted by Gasteiger charge is -2.22. The molecular weight excluding hydrogens is 364 g/mol. The molecule has 0 bridgehead atoms. The number of ether oxygens (including phenoxy) is 1. The number of rotatable bonds is 5. The van der Waals surface area contributed by atoms with E-state index in [1.54, 1.807) is 24.3 Å². The first kappa shape index (κ1) is 22.7. The van der Waals surface area contributed by atoms with Crippen LogP contribution in [0.3, 0.4) is 0 Å². The van der Waals surface area contributed by atoms with Gasteiger partial charge in [0, 0.05) is 11.4 Å². The molecule has 0 aliphatic heterocycles. The zero-order valence-corrected chi connectivity index (χ0v) is 16.7. The molecular formula is C21H27ClN2O3. The standard InChI is InChI=1S/C13H19NO2.C8H8ClNO/c1-13(2,3)16-12(15)11(14)9-10-7-5-4-6-8-10;9-5-6-1-3-7(4-2-6)8(10)11/h4-8,11H,9,14H2,1-3H3;1-4H,5H2,(H2,10,11). The van der Waals surface area contributed by atoms with Gasteiger partial charge in [-0.15, -0.1) is 11.6 Å². The molecule has 6 heteroatoms. The van der Waals surface area contributed by atoms with Crippen molar-refractivity contribution >= 4 is 23.5 Å². The topological polar surface area (TPSA) is 95.4 Å². The number of alkyl halides is 1. The van der Waals surface area contributed by atoms with Gasteiger partial charge >= 0.3 is 5.97 Å². The number of amides is 1. The van der Waals surface area contributed by atoms with Crippen molar-refractivity contribution in [3.8, 4) is 0 Å². The molecule has 2 aromatic carbocycles. The third kappa shape index (κ3) is 9.22. The van der Waals surface area contributed by atoms with Crippen LogP contribution in [-0.4, -0.2) is 23.5 Å². The largest absolute Gasteiger partial charge is 0.459 e. The van der Waals surface area contributed by atoms with Crippen LogP contribution in [0.2, 0.25) is 0 Å². The van der Waals surface area contributed by atoms with Crippen LogP contribution < -0.4 is 11.5 Å². The summed E-state index contributed by atoms with van der Waals surface area (Å²) in [7, 11) is 0. The minimum absolute atomic E-state index is 0.351. The number of hydrogen-bond acceptors (Lipinski definition) is 4. The van der Waals surface area contributed by atoms with Crippen molar-refractivity contribution in [3.05, 3.63) is 71.3 Å². The van der Waals surface area contributed by atoms with E-state index in [-0.39, 0.29) is 5.97 Å². The number of carbonyl (C=O) groups excluding carboxylic acids is 2. The summed E-state index contributed by atoms with van der Waals surface area (Å²) in [4.78, 5) is 22.2. The Morgan fingerprint density at radius 2 is 1.56 bits per heavy atom. The molecule has 1 amide bonds. The van der Waals surface area contributed by atoms with Crippen LogP contribution in [0.1, 0.15) is 42.3 Å². The third-order valence-corrected chi connectivity index (χ3v) is 3.71. The van der Waals surface area contributed by atoms with Crippen LogP contribution in [0.5, 0.6) is 0 Å². The smallest absolute Gasteiger partial charge is 0.323 e. The Hall–Kier alpha value is -2.37. The van der Waals surface area contributed by atoms with Gasteiger partial charge in [0.05, 0.1) is 0 Å². The highest BCUT2D eigenvalue weighted by Gasteiger charge is 2.22. The molecule has 5 nitrogen and oxygen atoms in total. The van der Waals surface area contributed by atoms with E-state index in [9.17, 15) is 9.59 Å². The van der Waals surface area contributed by atoms with E-state index in [2.05, 4.69) is 0 Å². The van der Waals surface area contributed by atoms with Gasteiger partial charge in [-0.2, -0.15) is 0 Å². The second kappa shape index (κ2) is 10.7. The van der Waals surface area contributed by atoms with E-state index in [0.29, 0.717) is 17.9 Å². The highest BCUT2D eigenvalue weighted by molar-refractivity contribution is 6.17. The number of nitrogens with two attached hydrogens (primary N) is 2. The van der Waals surface area contributed by atoms with Crippen LogP contribution >= 0.6 is 11.6 Å². The molecule has 27 heavy (non-hydrogen) atoms. The monoisotopic (exact) mass is 390 g/mol. The van der Waals surface area contributed by atoms with Gasteiger partial charge in [0.25, 0.3) is 0 Å². The first-order valence-corrected chi connectivity index (χ1v) is 9.13. The lowest BCUT2D eigenvalue weighted by atomic mass is 10.1. The normalized spacial score (nSPS) is 11.7. The summed E-state index contributed by atoms with van der Waals surface area (Å²) in [6, 6.07) is 16.0. The third-order valence-electron chi connectivity index (χ3n) is 3.40. The predicted octanol–water partition coefficient (Wildman–Crippen LogP) is 3.42. The fourth-order valence-corrected chi connectivity index (χ4v) is 2.27.